The van der Waals surface area contributed by atoms with Crippen LogP contribution in [0, 0.1) is 11.7 Å². The Balaban J connectivity index is 2.10. The van der Waals surface area contributed by atoms with Gasteiger partial charge in [0, 0.05) is 12.1 Å². The number of halogens is 3. The lowest BCUT2D eigenvalue weighted by Crippen LogP contribution is -2.18. The molecule has 20 heavy (non-hydrogen) atoms. The minimum atomic E-state index is -0.429. The maximum atomic E-state index is 13.6. The van der Waals surface area contributed by atoms with Crippen LogP contribution in [-0.4, -0.2) is 9.55 Å². The lowest BCUT2D eigenvalue weighted by atomic mass is 9.87. The Bertz CT molecular complexity index is 630. The number of hydrogen-bond acceptors (Lipinski definition) is 1. The number of alkyl halides is 1. The van der Waals surface area contributed by atoms with E-state index in [4.69, 9.17) is 23.2 Å². The van der Waals surface area contributed by atoms with Crippen molar-refractivity contribution in [2.75, 3.05) is 0 Å². The van der Waals surface area contributed by atoms with Crippen LogP contribution in [0.2, 0.25) is 5.02 Å². The van der Waals surface area contributed by atoms with E-state index < -0.39 is 5.82 Å². The SMILES string of the molecule is CC1CCC(n2c(CCl)nc3cc(F)c(Cl)cc32)CC1. The van der Waals surface area contributed by atoms with Crippen molar-refractivity contribution in [2.45, 2.75) is 44.5 Å². The molecule has 2 nitrogen and oxygen atoms in total. The molecule has 0 saturated heterocycles. The Labute approximate surface area is 127 Å². The molecule has 1 aliphatic carbocycles. The highest BCUT2D eigenvalue weighted by Gasteiger charge is 2.24. The highest BCUT2D eigenvalue weighted by atomic mass is 35.5. The van der Waals surface area contributed by atoms with Crippen molar-refractivity contribution in [1.82, 2.24) is 9.55 Å². The number of hydrogen-bond donors (Lipinski definition) is 0. The van der Waals surface area contributed by atoms with Gasteiger partial charge in [-0.15, -0.1) is 11.6 Å². The van der Waals surface area contributed by atoms with E-state index in [9.17, 15) is 4.39 Å². The molecule has 0 radical (unpaired) electrons. The minimum Gasteiger partial charge on any atom is -0.324 e. The summed E-state index contributed by atoms with van der Waals surface area (Å²) in [6, 6.07) is 3.47. The van der Waals surface area contributed by atoms with E-state index in [0.717, 1.165) is 30.1 Å². The first-order valence-corrected chi connectivity index (χ1v) is 7.93. The fourth-order valence-corrected chi connectivity index (χ4v) is 3.49. The third-order valence-electron chi connectivity index (χ3n) is 4.27. The lowest BCUT2D eigenvalue weighted by molar-refractivity contribution is 0.290. The summed E-state index contributed by atoms with van der Waals surface area (Å²) in [7, 11) is 0. The molecule has 1 aromatic carbocycles. The quantitative estimate of drug-likeness (QED) is 0.686. The third-order valence-corrected chi connectivity index (χ3v) is 4.80. The molecule has 1 fully saturated rings. The molecule has 0 spiro atoms. The van der Waals surface area contributed by atoms with Crippen molar-refractivity contribution in [3.05, 3.63) is 28.8 Å². The monoisotopic (exact) mass is 314 g/mol. The zero-order valence-electron chi connectivity index (χ0n) is 11.4. The summed E-state index contributed by atoms with van der Waals surface area (Å²) in [6.45, 7) is 2.29. The maximum absolute atomic E-state index is 13.6. The predicted octanol–water partition coefficient (Wildman–Crippen LogP) is 5.32. The first kappa shape index (κ1) is 14.2. The summed E-state index contributed by atoms with van der Waals surface area (Å²) in [5.74, 6) is 1.49. The highest BCUT2D eigenvalue weighted by Crippen LogP contribution is 2.36. The second kappa shape index (κ2) is 5.53. The van der Waals surface area contributed by atoms with Gasteiger partial charge >= 0.3 is 0 Å². The maximum Gasteiger partial charge on any atom is 0.144 e. The average molecular weight is 315 g/mol. The Morgan fingerprint density at radius 2 is 2.00 bits per heavy atom. The lowest BCUT2D eigenvalue weighted by Gasteiger charge is -2.28. The number of aromatic nitrogens is 2. The first-order chi connectivity index (χ1) is 9.60. The van der Waals surface area contributed by atoms with Crippen LogP contribution < -0.4 is 0 Å². The molecule has 1 aliphatic rings. The molecule has 0 amide bonds. The molecular formula is C15H17Cl2FN2. The Hall–Kier alpha value is -0.800. The molecule has 2 aromatic rings. The van der Waals surface area contributed by atoms with Crippen molar-refractivity contribution in [1.29, 1.82) is 0 Å². The summed E-state index contributed by atoms with van der Waals surface area (Å²) in [4.78, 5) is 4.46. The molecule has 5 heteroatoms. The molecule has 108 valence electrons. The van der Waals surface area contributed by atoms with Gasteiger partial charge < -0.3 is 4.57 Å². The summed E-state index contributed by atoms with van der Waals surface area (Å²) in [5.41, 5.74) is 1.53. The zero-order valence-corrected chi connectivity index (χ0v) is 12.9. The number of fused-ring (bicyclic) bond motifs is 1. The number of nitrogens with zero attached hydrogens (tertiary/aromatic N) is 2. The Morgan fingerprint density at radius 1 is 1.30 bits per heavy atom. The summed E-state index contributed by atoms with van der Waals surface area (Å²) < 4.78 is 15.7. The van der Waals surface area contributed by atoms with E-state index in [1.54, 1.807) is 6.07 Å². The van der Waals surface area contributed by atoms with Gasteiger partial charge in [0.05, 0.1) is 21.9 Å². The predicted molar refractivity (Wildman–Crippen MR) is 80.9 cm³/mol. The fraction of sp³-hybridized carbons (Fsp3) is 0.533. The zero-order chi connectivity index (χ0) is 14.3. The van der Waals surface area contributed by atoms with Crippen LogP contribution >= 0.6 is 23.2 Å². The van der Waals surface area contributed by atoms with Crippen molar-refractivity contribution in [2.24, 2.45) is 5.92 Å². The molecule has 0 aliphatic heterocycles. The topological polar surface area (TPSA) is 17.8 Å². The van der Waals surface area contributed by atoms with Crippen molar-refractivity contribution >= 4 is 34.2 Å². The molecule has 1 heterocycles. The van der Waals surface area contributed by atoms with Gasteiger partial charge in [0.1, 0.15) is 11.6 Å². The van der Waals surface area contributed by atoms with Crippen LogP contribution in [0.4, 0.5) is 4.39 Å². The van der Waals surface area contributed by atoms with Crippen molar-refractivity contribution in [3.63, 3.8) is 0 Å². The molecule has 1 aromatic heterocycles. The minimum absolute atomic E-state index is 0.143. The molecule has 0 bridgehead atoms. The van der Waals surface area contributed by atoms with E-state index in [0.29, 0.717) is 17.4 Å². The van der Waals surface area contributed by atoms with Crippen LogP contribution in [-0.2, 0) is 5.88 Å². The van der Waals surface area contributed by atoms with Gasteiger partial charge in [0.25, 0.3) is 0 Å². The van der Waals surface area contributed by atoms with Crippen LogP contribution in [0.25, 0.3) is 11.0 Å². The van der Waals surface area contributed by atoms with E-state index in [1.165, 1.54) is 18.9 Å². The molecule has 1 saturated carbocycles. The standard InChI is InChI=1S/C15H17Cl2FN2/c1-9-2-4-10(5-3-9)20-14-6-11(17)12(18)7-13(14)19-15(20)8-16/h6-7,9-10H,2-5,8H2,1H3. The van der Waals surface area contributed by atoms with E-state index in [1.807, 2.05) is 0 Å². The van der Waals surface area contributed by atoms with Crippen molar-refractivity contribution in [3.8, 4) is 0 Å². The average Bonchev–Trinajstić information content (AvgIpc) is 2.78. The summed E-state index contributed by atoms with van der Waals surface area (Å²) >= 11 is 11.9. The molecule has 0 N–H and O–H groups in total. The van der Waals surface area contributed by atoms with Gasteiger partial charge in [-0.25, -0.2) is 9.37 Å². The van der Waals surface area contributed by atoms with Gasteiger partial charge in [0.2, 0.25) is 0 Å². The van der Waals surface area contributed by atoms with Crippen molar-refractivity contribution < 1.29 is 4.39 Å². The smallest absolute Gasteiger partial charge is 0.144 e. The number of imidazole rings is 1. The van der Waals surface area contributed by atoms with Gasteiger partial charge in [-0.2, -0.15) is 0 Å². The second-order valence-corrected chi connectivity index (χ2v) is 6.37. The molecule has 0 atom stereocenters. The molecular weight excluding hydrogens is 298 g/mol. The van der Waals surface area contributed by atoms with E-state index in [2.05, 4.69) is 16.5 Å². The van der Waals surface area contributed by atoms with Crippen LogP contribution in [0.5, 0.6) is 0 Å². The van der Waals surface area contributed by atoms with E-state index >= 15 is 0 Å². The van der Waals surface area contributed by atoms with Gasteiger partial charge in [0.15, 0.2) is 0 Å². The summed E-state index contributed by atoms with van der Waals surface area (Å²) in [6.07, 6.45) is 4.65. The first-order valence-electron chi connectivity index (χ1n) is 7.02. The largest absolute Gasteiger partial charge is 0.324 e. The number of rotatable bonds is 2. The normalized spacial score (nSPS) is 23.4. The van der Waals surface area contributed by atoms with Crippen LogP contribution in [0.15, 0.2) is 12.1 Å². The highest BCUT2D eigenvalue weighted by molar-refractivity contribution is 6.31. The van der Waals surface area contributed by atoms with E-state index in [-0.39, 0.29) is 5.02 Å². The molecule has 3 rings (SSSR count). The number of benzene rings is 1. The second-order valence-electron chi connectivity index (χ2n) is 5.70. The summed E-state index contributed by atoms with van der Waals surface area (Å²) in [5, 5.41) is 0.143. The Morgan fingerprint density at radius 3 is 2.65 bits per heavy atom. The van der Waals surface area contributed by atoms with Crippen LogP contribution in [0.1, 0.15) is 44.5 Å². The van der Waals surface area contributed by atoms with Gasteiger partial charge in [-0.3, -0.25) is 0 Å². The van der Waals surface area contributed by atoms with Gasteiger partial charge in [-0.05, 0) is 37.7 Å². The fourth-order valence-electron chi connectivity index (χ4n) is 3.14. The van der Waals surface area contributed by atoms with Crippen LogP contribution in [0.3, 0.4) is 0 Å². The Kier molecular flexibility index (Phi) is 3.91. The third kappa shape index (κ3) is 2.42. The van der Waals surface area contributed by atoms with Gasteiger partial charge in [-0.1, -0.05) is 18.5 Å². The molecule has 0 unspecified atom stereocenters.